The zero-order valence-electron chi connectivity index (χ0n) is 22.1. The number of hydrogen-bond acceptors (Lipinski definition) is 5. The van der Waals surface area contributed by atoms with E-state index in [-0.39, 0.29) is 10.8 Å². The Morgan fingerprint density at radius 3 is 2.23 bits per heavy atom. The summed E-state index contributed by atoms with van der Waals surface area (Å²) in [6, 6.07) is 19.5. The maximum atomic E-state index is 14.0. The average molecular weight is 589 g/mol. The van der Waals surface area contributed by atoms with E-state index in [4.69, 9.17) is 27.9 Å². The van der Waals surface area contributed by atoms with Crippen LogP contribution in [0.25, 0.3) is 0 Å². The van der Waals surface area contributed by atoms with Crippen molar-refractivity contribution in [3.05, 3.63) is 88.4 Å². The van der Waals surface area contributed by atoms with Crippen LogP contribution in [0.3, 0.4) is 0 Å². The van der Waals surface area contributed by atoms with Gasteiger partial charge in [0, 0.05) is 34.9 Å². The number of anilines is 2. The molecule has 3 aromatic carbocycles. The van der Waals surface area contributed by atoms with E-state index in [9.17, 15) is 13.2 Å². The molecule has 0 spiro atoms. The number of halogens is 2. The molecule has 0 bridgehead atoms. The summed E-state index contributed by atoms with van der Waals surface area (Å²) in [4.78, 5) is 16.5. The average Bonchev–Trinajstić information content (AvgIpc) is 3.10. The molecule has 1 unspecified atom stereocenters. The number of fused-ring (bicyclic) bond motifs is 1. The SMILES string of the molecule is CC(C)(C)NS(=O)(=O)c1ccc(C2(Cl)C(=O)N(Cc3ccc(N4CCOCC4)cc3)c3ccc(Cl)cc32)cc1. The van der Waals surface area contributed by atoms with Crippen LogP contribution in [-0.4, -0.2) is 46.2 Å². The first-order valence-corrected chi connectivity index (χ1v) is 15.0. The van der Waals surface area contributed by atoms with E-state index in [0.717, 1.165) is 24.3 Å². The lowest BCUT2D eigenvalue weighted by atomic mass is 9.91. The molecule has 39 heavy (non-hydrogen) atoms. The minimum absolute atomic E-state index is 0.0930. The predicted octanol–water partition coefficient (Wildman–Crippen LogP) is 5.28. The Morgan fingerprint density at radius 2 is 1.62 bits per heavy atom. The van der Waals surface area contributed by atoms with Gasteiger partial charge in [-0.05, 0) is 74.4 Å². The molecule has 206 valence electrons. The molecule has 0 saturated carbocycles. The molecule has 1 amide bonds. The number of nitrogens with zero attached hydrogens (tertiary/aromatic N) is 2. The van der Waals surface area contributed by atoms with Gasteiger partial charge in [0.2, 0.25) is 10.0 Å². The Morgan fingerprint density at radius 1 is 0.974 bits per heavy atom. The summed E-state index contributed by atoms with van der Waals surface area (Å²) in [5.41, 5.74) is 3.14. The lowest BCUT2D eigenvalue weighted by Crippen LogP contribution is -2.40. The summed E-state index contributed by atoms with van der Waals surface area (Å²) >= 11 is 13.5. The van der Waals surface area contributed by atoms with Gasteiger partial charge in [-0.1, -0.05) is 47.5 Å². The fourth-order valence-corrected chi connectivity index (χ4v) is 6.98. The number of benzene rings is 3. The van der Waals surface area contributed by atoms with Crippen molar-refractivity contribution >= 4 is 50.5 Å². The van der Waals surface area contributed by atoms with Gasteiger partial charge in [-0.25, -0.2) is 13.1 Å². The summed E-state index contributed by atoms with van der Waals surface area (Å²) in [7, 11) is -3.74. The molecule has 3 aromatic rings. The molecule has 1 saturated heterocycles. The topological polar surface area (TPSA) is 79.0 Å². The Bertz CT molecular complexity index is 1480. The van der Waals surface area contributed by atoms with Gasteiger partial charge in [0.1, 0.15) is 0 Å². The number of nitrogens with one attached hydrogen (secondary N) is 1. The van der Waals surface area contributed by atoms with E-state index >= 15 is 0 Å². The van der Waals surface area contributed by atoms with Crippen molar-refractivity contribution in [3.8, 4) is 0 Å². The Labute approximate surface area is 239 Å². The summed E-state index contributed by atoms with van der Waals surface area (Å²) in [6.07, 6.45) is 0. The van der Waals surface area contributed by atoms with Crippen molar-refractivity contribution in [3.63, 3.8) is 0 Å². The smallest absolute Gasteiger partial charge is 0.257 e. The third-order valence-electron chi connectivity index (χ3n) is 6.82. The quantitative estimate of drug-likeness (QED) is 0.397. The van der Waals surface area contributed by atoms with Crippen LogP contribution in [0.2, 0.25) is 5.02 Å². The molecule has 1 atom stereocenters. The molecule has 2 aliphatic rings. The normalized spacial score (nSPS) is 19.9. The first kappa shape index (κ1) is 27.9. The molecule has 2 heterocycles. The number of ether oxygens (including phenoxy) is 1. The third kappa shape index (κ3) is 5.54. The molecule has 0 radical (unpaired) electrons. The van der Waals surface area contributed by atoms with Crippen molar-refractivity contribution in [2.75, 3.05) is 36.1 Å². The van der Waals surface area contributed by atoms with Crippen LogP contribution < -0.4 is 14.5 Å². The second-order valence-electron chi connectivity index (χ2n) is 10.9. The van der Waals surface area contributed by atoms with E-state index < -0.39 is 20.4 Å². The summed E-state index contributed by atoms with van der Waals surface area (Å²) in [5, 5.41) is 0.455. The first-order chi connectivity index (χ1) is 18.4. The zero-order valence-corrected chi connectivity index (χ0v) is 24.4. The van der Waals surface area contributed by atoms with E-state index in [1.165, 1.54) is 12.1 Å². The molecule has 1 fully saturated rings. The summed E-state index contributed by atoms with van der Waals surface area (Å²) < 4.78 is 33.7. The molecule has 2 aliphatic heterocycles. The van der Waals surface area contributed by atoms with Crippen LogP contribution in [-0.2, 0) is 31.0 Å². The maximum Gasteiger partial charge on any atom is 0.257 e. The Hall–Kier alpha value is -2.62. The second-order valence-corrected chi connectivity index (χ2v) is 13.5. The van der Waals surface area contributed by atoms with Crippen LogP contribution in [0.15, 0.2) is 71.6 Å². The number of alkyl halides is 1. The predicted molar refractivity (Wildman–Crippen MR) is 155 cm³/mol. The lowest BCUT2D eigenvalue weighted by molar-refractivity contribution is -0.119. The molecule has 1 N–H and O–H groups in total. The largest absolute Gasteiger partial charge is 0.378 e. The third-order valence-corrected chi connectivity index (χ3v) is 9.41. The summed E-state index contributed by atoms with van der Waals surface area (Å²) in [5.74, 6) is -0.317. The highest BCUT2D eigenvalue weighted by Crippen LogP contribution is 2.50. The standard InChI is InChI=1S/C29H31Cl2N3O4S/c1-28(2,3)32-39(36,37)24-11-6-21(7-12-24)29(31)25-18-22(30)8-13-26(25)34(27(29)35)19-20-4-9-23(10-5-20)33-14-16-38-17-15-33/h4-13,18,32H,14-17,19H2,1-3H3. The number of morpholine rings is 1. The van der Waals surface area contributed by atoms with Crippen molar-refractivity contribution in [2.45, 2.75) is 42.6 Å². The van der Waals surface area contributed by atoms with Gasteiger partial charge in [0.25, 0.3) is 5.91 Å². The van der Waals surface area contributed by atoms with E-state index in [1.54, 1.807) is 56.0 Å². The lowest BCUT2D eigenvalue weighted by Gasteiger charge is -2.29. The highest BCUT2D eigenvalue weighted by Gasteiger charge is 2.51. The van der Waals surface area contributed by atoms with Gasteiger partial charge in [-0.3, -0.25) is 4.79 Å². The molecular weight excluding hydrogens is 557 g/mol. The number of rotatable bonds is 6. The van der Waals surface area contributed by atoms with Crippen LogP contribution in [0.5, 0.6) is 0 Å². The molecule has 7 nitrogen and oxygen atoms in total. The van der Waals surface area contributed by atoms with Gasteiger partial charge in [0.05, 0.1) is 30.3 Å². The Balaban J connectivity index is 1.45. The molecule has 0 aliphatic carbocycles. The number of hydrogen-bond donors (Lipinski definition) is 1. The van der Waals surface area contributed by atoms with Crippen LogP contribution >= 0.6 is 23.2 Å². The molecule has 10 heteroatoms. The van der Waals surface area contributed by atoms with Gasteiger partial charge in [0.15, 0.2) is 4.87 Å². The summed E-state index contributed by atoms with van der Waals surface area (Å²) in [6.45, 7) is 8.76. The van der Waals surface area contributed by atoms with E-state index in [1.807, 2.05) is 12.1 Å². The fraction of sp³-hybridized carbons (Fsp3) is 0.345. The van der Waals surface area contributed by atoms with Gasteiger partial charge >= 0.3 is 0 Å². The minimum atomic E-state index is -3.74. The highest BCUT2D eigenvalue weighted by atomic mass is 35.5. The van der Waals surface area contributed by atoms with Crippen molar-refractivity contribution < 1.29 is 17.9 Å². The van der Waals surface area contributed by atoms with E-state index in [0.29, 0.717) is 41.6 Å². The van der Waals surface area contributed by atoms with Crippen molar-refractivity contribution in [2.24, 2.45) is 0 Å². The van der Waals surface area contributed by atoms with Crippen molar-refractivity contribution in [1.29, 1.82) is 0 Å². The second kappa shape index (κ2) is 10.4. The fourth-order valence-electron chi connectivity index (χ4n) is 5.01. The van der Waals surface area contributed by atoms with Gasteiger partial charge in [-0.15, -0.1) is 0 Å². The monoisotopic (exact) mass is 587 g/mol. The number of carbonyl (C=O) groups excluding carboxylic acids is 1. The highest BCUT2D eigenvalue weighted by molar-refractivity contribution is 7.89. The molecule has 5 rings (SSSR count). The number of sulfonamides is 1. The number of carbonyl (C=O) groups is 1. The van der Waals surface area contributed by atoms with Crippen molar-refractivity contribution in [1.82, 2.24) is 4.72 Å². The molecular formula is C29H31Cl2N3O4S. The number of amides is 1. The van der Waals surface area contributed by atoms with Gasteiger partial charge < -0.3 is 14.5 Å². The van der Waals surface area contributed by atoms with Crippen LogP contribution in [0.1, 0.15) is 37.5 Å². The minimum Gasteiger partial charge on any atom is -0.378 e. The van der Waals surface area contributed by atoms with Crippen LogP contribution in [0.4, 0.5) is 11.4 Å². The zero-order chi connectivity index (χ0) is 28.0. The van der Waals surface area contributed by atoms with Gasteiger partial charge in [-0.2, -0.15) is 0 Å². The first-order valence-electron chi connectivity index (χ1n) is 12.8. The Kier molecular flexibility index (Phi) is 7.45. The van der Waals surface area contributed by atoms with E-state index in [2.05, 4.69) is 21.8 Å². The molecule has 0 aromatic heterocycles. The maximum absolute atomic E-state index is 14.0. The van der Waals surface area contributed by atoms with Crippen LogP contribution in [0, 0.1) is 0 Å².